The van der Waals surface area contributed by atoms with Crippen molar-refractivity contribution in [3.8, 4) is 5.75 Å². The van der Waals surface area contributed by atoms with Crippen molar-refractivity contribution in [2.45, 2.75) is 51.0 Å². The van der Waals surface area contributed by atoms with Crippen LogP contribution in [0.4, 0.5) is 0 Å². The minimum atomic E-state index is 0.111. The lowest BCUT2D eigenvalue weighted by Gasteiger charge is -2.48. The van der Waals surface area contributed by atoms with Crippen molar-refractivity contribution in [2.24, 2.45) is 11.7 Å². The van der Waals surface area contributed by atoms with Gasteiger partial charge in [0.05, 0.1) is 7.11 Å². The predicted molar refractivity (Wildman–Crippen MR) is 83.7 cm³/mol. The quantitative estimate of drug-likeness (QED) is 0.878. The summed E-state index contributed by atoms with van der Waals surface area (Å²) in [6, 6.07) is 6.48. The standard InChI is InChI=1S/C16H24BrNO/c1-11(2)9-15(18)16(7-4-8-16)13-10-12(17)5-6-14(13)19-3/h5-6,10-11,15H,4,7-9,18H2,1-3H3. The molecule has 1 saturated carbocycles. The van der Waals surface area contributed by atoms with E-state index >= 15 is 0 Å². The van der Waals surface area contributed by atoms with Gasteiger partial charge in [0.25, 0.3) is 0 Å². The highest BCUT2D eigenvalue weighted by Gasteiger charge is 2.45. The monoisotopic (exact) mass is 325 g/mol. The van der Waals surface area contributed by atoms with Crippen molar-refractivity contribution in [1.29, 1.82) is 0 Å². The maximum absolute atomic E-state index is 6.55. The summed E-state index contributed by atoms with van der Waals surface area (Å²) in [6.07, 6.45) is 4.68. The Hall–Kier alpha value is -0.540. The van der Waals surface area contributed by atoms with E-state index in [-0.39, 0.29) is 11.5 Å². The number of hydrogen-bond acceptors (Lipinski definition) is 2. The molecule has 0 bridgehead atoms. The molecule has 2 N–H and O–H groups in total. The third kappa shape index (κ3) is 2.82. The van der Waals surface area contributed by atoms with Crippen LogP contribution in [0.1, 0.15) is 45.1 Å². The first-order valence-corrected chi connectivity index (χ1v) is 7.88. The normalized spacial score (nSPS) is 19.1. The minimum Gasteiger partial charge on any atom is -0.496 e. The van der Waals surface area contributed by atoms with Gasteiger partial charge in [-0.15, -0.1) is 0 Å². The first-order chi connectivity index (χ1) is 8.99. The van der Waals surface area contributed by atoms with Crippen molar-refractivity contribution in [3.05, 3.63) is 28.2 Å². The molecule has 1 unspecified atom stereocenters. The fourth-order valence-electron chi connectivity index (χ4n) is 3.20. The lowest BCUT2D eigenvalue weighted by atomic mass is 9.59. The Labute approximate surface area is 124 Å². The molecule has 0 aliphatic heterocycles. The summed E-state index contributed by atoms with van der Waals surface area (Å²) in [5, 5.41) is 0. The van der Waals surface area contributed by atoms with Crippen molar-refractivity contribution < 1.29 is 4.74 Å². The molecule has 19 heavy (non-hydrogen) atoms. The summed E-state index contributed by atoms with van der Waals surface area (Å²) < 4.78 is 6.66. The van der Waals surface area contributed by atoms with Crippen LogP contribution in [0, 0.1) is 5.92 Å². The van der Waals surface area contributed by atoms with E-state index in [0.717, 1.165) is 16.6 Å². The van der Waals surface area contributed by atoms with Crippen molar-refractivity contribution in [2.75, 3.05) is 7.11 Å². The highest BCUT2D eigenvalue weighted by molar-refractivity contribution is 9.10. The minimum absolute atomic E-state index is 0.111. The molecule has 106 valence electrons. The summed E-state index contributed by atoms with van der Waals surface area (Å²) in [4.78, 5) is 0. The Balaban J connectivity index is 2.38. The van der Waals surface area contributed by atoms with Gasteiger partial charge < -0.3 is 10.5 Å². The van der Waals surface area contributed by atoms with Crippen LogP contribution in [0.25, 0.3) is 0 Å². The van der Waals surface area contributed by atoms with Gasteiger partial charge in [0.2, 0.25) is 0 Å². The van der Waals surface area contributed by atoms with E-state index in [2.05, 4.69) is 35.8 Å². The van der Waals surface area contributed by atoms with Gasteiger partial charge in [-0.25, -0.2) is 0 Å². The Kier molecular flexibility index (Phi) is 4.57. The Morgan fingerprint density at radius 2 is 2.05 bits per heavy atom. The molecule has 1 fully saturated rings. The van der Waals surface area contributed by atoms with Crippen LogP contribution in [0.5, 0.6) is 5.75 Å². The average Bonchev–Trinajstić information content (AvgIpc) is 2.26. The van der Waals surface area contributed by atoms with E-state index in [1.54, 1.807) is 7.11 Å². The van der Waals surface area contributed by atoms with Gasteiger partial charge in [-0.1, -0.05) is 36.2 Å². The van der Waals surface area contributed by atoms with Crippen molar-refractivity contribution in [1.82, 2.24) is 0 Å². The molecule has 0 heterocycles. The zero-order chi connectivity index (χ0) is 14.0. The van der Waals surface area contributed by atoms with E-state index in [1.165, 1.54) is 24.8 Å². The Morgan fingerprint density at radius 3 is 2.53 bits per heavy atom. The number of benzene rings is 1. The predicted octanol–water partition coefficient (Wildman–Crippen LogP) is 4.25. The van der Waals surface area contributed by atoms with Crippen LogP contribution < -0.4 is 10.5 Å². The van der Waals surface area contributed by atoms with E-state index < -0.39 is 0 Å². The summed E-state index contributed by atoms with van der Waals surface area (Å²) in [5.74, 6) is 1.60. The molecule has 0 spiro atoms. The van der Waals surface area contributed by atoms with Gasteiger partial charge in [-0.2, -0.15) is 0 Å². The van der Waals surface area contributed by atoms with Crippen LogP contribution in [0.2, 0.25) is 0 Å². The highest BCUT2D eigenvalue weighted by Crippen LogP contribution is 2.50. The number of ether oxygens (including phenoxy) is 1. The van der Waals surface area contributed by atoms with Gasteiger partial charge in [-0.05, 0) is 43.4 Å². The first-order valence-electron chi connectivity index (χ1n) is 7.09. The summed E-state index contributed by atoms with van der Waals surface area (Å²) in [5.41, 5.74) is 7.94. The molecule has 1 aliphatic carbocycles. The second-order valence-corrected chi connectivity index (χ2v) is 7.01. The smallest absolute Gasteiger partial charge is 0.122 e. The van der Waals surface area contributed by atoms with Crippen LogP contribution >= 0.6 is 15.9 Å². The number of hydrogen-bond donors (Lipinski definition) is 1. The van der Waals surface area contributed by atoms with Crippen LogP contribution in [0.3, 0.4) is 0 Å². The molecule has 0 saturated heterocycles. The third-order valence-electron chi connectivity index (χ3n) is 4.38. The molecule has 1 aromatic carbocycles. The molecule has 3 heteroatoms. The lowest BCUT2D eigenvalue weighted by molar-refractivity contribution is 0.173. The topological polar surface area (TPSA) is 35.2 Å². The SMILES string of the molecule is COc1ccc(Br)cc1C1(C(N)CC(C)C)CCC1. The summed E-state index contributed by atoms with van der Waals surface area (Å²) in [6.45, 7) is 4.48. The van der Waals surface area contributed by atoms with Crippen molar-refractivity contribution >= 4 is 15.9 Å². The first kappa shape index (κ1) is 14.9. The van der Waals surface area contributed by atoms with Gasteiger partial charge >= 0.3 is 0 Å². The average molecular weight is 326 g/mol. The van der Waals surface area contributed by atoms with E-state index in [4.69, 9.17) is 10.5 Å². The summed E-state index contributed by atoms with van der Waals surface area (Å²) in [7, 11) is 1.74. The molecule has 1 aliphatic rings. The second kappa shape index (κ2) is 5.84. The largest absolute Gasteiger partial charge is 0.496 e. The summed E-state index contributed by atoms with van der Waals surface area (Å²) >= 11 is 3.57. The Bertz CT molecular complexity index is 440. The van der Waals surface area contributed by atoms with Gasteiger partial charge in [0.15, 0.2) is 0 Å². The molecule has 0 aromatic heterocycles. The molecule has 2 rings (SSSR count). The fourth-order valence-corrected chi connectivity index (χ4v) is 3.56. The molecule has 2 nitrogen and oxygen atoms in total. The molecule has 0 radical (unpaired) electrons. The fraction of sp³-hybridized carbons (Fsp3) is 0.625. The van der Waals surface area contributed by atoms with E-state index in [0.29, 0.717) is 5.92 Å². The van der Waals surface area contributed by atoms with Crippen LogP contribution in [-0.4, -0.2) is 13.2 Å². The molecule has 0 amide bonds. The lowest BCUT2D eigenvalue weighted by Crippen LogP contribution is -2.51. The number of rotatable bonds is 5. The Morgan fingerprint density at radius 1 is 1.37 bits per heavy atom. The molecular weight excluding hydrogens is 302 g/mol. The zero-order valence-electron chi connectivity index (χ0n) is 12.1. The highest BCUT2D eigenvalue weighted by atomic mass is 79.9. The number of halogens is 1. The van der Waals surface area contributed by atoms with E-state index in [1.807, 2.05) is 12.1 Å². The van der Waals surface area contributed by atoms with Gasteiger partial charge in [0, 0.05) is 21.5 Å². The maximum Gasteiger partial charge on any atom is 0.122 e. The maximum atomic E-state index is 6.55. The number of nitrogens with two attached hydrogens (primary N) is 1. The zero-order valence-corrected chi connectivity index (χ0v) is 13.7. The van der Waals surface area contributed by atoms with Crippen LogP contribution in [-0.2, 0) is 5.41 Å². The van der Waals surface area contributed by atoms with Crippen molar-refractivity contribution in [3.63, 3.8) is 0 Å². The van der Waals surface area contributed by atoms with Gasteiger partial charge in [-0.3, -0.25) is 0 Å². The molecule has 1 atom stereocenters. The molecule has 1 aromatic rings. The number of methoxy groups -OCH3 is 1. The van der Waals surface area contributed by atoms with Gasteiger partial charge in [0.1, 0.15) is 5.75 Å². The van der Waals surface area contributed by atoms with E-state index in [9.17, 15) is 0 Å². The second-order valence-electron chi connectivity index (χ2n) is 6.09. The third-order valence-corrected chi connectivity index (χ3v) is 4.87. The molecular formula is C16H24BrNO. The van der Waals surface area contributed by atoms with Crippen LogP contribution in [0.15, 0.2) is 22.7 Å².